The third-order valence-corrected chi connectivity index (χ3v) is 5.57. The predicted molar refractivity (Wildman–Crippen MR) is 79.6 cm³/mol. The lowest BCUT2D eigenvalue weighted by Gasteiger charge is -2.15. The molecule has 114 valence electrons. The Kier molecular flexibility index (Phi) is 6.21. The molecule has 0 bridgehead atoms. The fraction of sp³-hybridized carbons (Fsp3) is 0.455. The van der Waals surface area contributed by atoms with Crippen LogP contribution in [0.5, 0.6) is 0 Å². The van der Waals surface area contributed by atoms with Crippen molar-refractivity contribution in [3.8, 4) is 0 Å². The molecule has 1 rings (SSSR count). The first kappa shape index (κ1) is 17.6. The first-order chi connectivity index (χ1) is 9.20. The lowest BCUT2D eigenvalue weighted by molar-refractivity contribution is 0.279. The number of aliphatic hydroxyl groups excluding tert-OH is 1. The van der Waals surface area contributed by atoms with E-state index in [-0.39, 0.29) is 21.8 Å². The van der Waals surface area contributed by atoms with Crippen LogP contribution < -0.4 is 10.5 Å². The van der Waals surface area contributed by atoms with Crippen LogP contribution in [0.3, 0.4) is 0 Å². The molecule has 1 aromatic rings. The van der Waals surface area contributed by atoms with E-state index in [1.165, 1.54) is 0 Å². The van der Waals surface area contributed by atoms with Crippen molar-refractivity contribution in [2.24, 2.45) is 0 Å². The zero-order valence-electron chi connectivity index (χ0n) is 10.7. The molecule has 20 heavy (non-hydrogen) atoms. The first-order valence-corrected chi connectivity index (χ1v) is 8.42. The second-order valence-electron chi connectivity index (χ2n) is 4.29. The van der Waals surface area contributed by atoms with Crippen LogP contribution in [-0.4, -0.2) is 26.2 Å². The van der Waals surface area contributed by atoms with E-state index in [1.54, 1.807) is 6.92 Å². The van der Waals surface area contributed by atoms with Crippen molar-refractivity contribution >= 4 is 43.2 Å². The first-order valence-electron chi connectivity index (χ1n) is 5.77. The molecule has 0 saturated carbocycles. The Balaban J connectivity index is 3.11. The van der Waals surface area contributed by atoms with Crippen molar-refractivity contribution in [3.05, 3.63) is 21.4 Å². The summed E-state index contributed by atoms with van der Waals surface area (Å²) in [4.78, 5) is -0.598. The number of sulfonamides is 1. The van der Waals surface area contributed by atoms with Gasteiger partial charge in [-0.2, -0.15) is 0 Å². The predicted octanol–water partition coefficient (Wildman–Crippen LogP) is 2.26. The van der Waals surface area contributed by atoms with Gasteiger partial charge >= 0.3 is 0 Å². The zero-order valence-corrected chi connectivity index (χ0v) is 13.8. The van der Waals surface area contributed by atoms with Gasteiger partial charge in [-0.15, -0.1) is 0 Å². The van der Waals surface area contributed by atoms with E-state index in [4.69, 9.17) is 22.4 Å². The summed E-state index contributed by atoms with van der Waals surface area (Å²) < 4.78 is 40.6. The molecule has 1 aromatic carbocycles. The minimum Gasteiger partial charge on any atom is -0.396 e. The largest absolute Gasteiger partial charge is 0.396 e. The van der Waals surface area contributed by atoms with Crippen LogP contribution in [-0.2, 0) is 10.0 Å². The number of hydrogen-bond donors (Lipinski definition) is 3. The van der Waals surface area contributed by atoms with Crippen LogP contribution in [0.4, 0.5) is 10.1 Å². The van der Waals surface area contributed by atoms with Crippen LogP contribution in [0.25, 0.3) is 0 Å². The SMILES string of the molecule is CC(CCCO)NS(=O)(=O)c1cc(Cl)c(Br)c(N)c1F. The van der Waals surface area contributed by atoms with Gasteiger partial charge in [0, 0.05) is 12.6 Å². The van der Waals surface area contributed by atoms with Gasteiger partial charge in [-0.25, -0.2) is 17.5 Å². The lowest BCUT2D eigenvalue weighted by atomic mass is 10.2. The van der Waals surface area contributed by atoms with Gasteiger partial charge in [0.05, 0.1) is 15.2 Å². The Bertz CT molecular complexity index is 598. The topological polar surface area (TPSA) is 92.4 Å². The van der Waals surface area contributed by atoms with E-state index in [2.05, 4.69) is 20.7 Å². The number of benzene rings is 1. The molecule has 0 saturated heterocycles. The number of anilines is 1. The van der Waals surface area contributed by atoms with Crippen LogP contribution in [0.1, 0.15) is 19.8 Å². The minimum atomic E-state index is -4.07. The quantitative estimate of drug-likeness (QED) is 0.514. The molecule has 4 N–H and O–H groups in total. The molecule has 0 spiro atoms. The maximum absolute atomic E-state index is 14.0. The molecule has 0 aromatic heterocycles. The average Bonchev–Trinajstić information content (AvgIpc) is 2.37. The fourth-order valence-corrected chi connectivity index (χ4v) is 3.54. The maximum atomic E-state index is 14.0. The number of rotatable bonds is 6. The van der Waals surface area contributed by atoms with Crippen LogP contribution in [0.2, 0.25) is 5.02 Å². The highest BCUT2D eigenvalue weighted by Crippen LogP contribution is 2.34. The van der Waals surface area contributed by atoms with Gasteiger partial charge in [0.2, 0.25) is 10.0 Å². The molecule has 1 unspecified atom stereocenters. The fourth-order valence-electron chi connectivity index (χ4n) is 1.58. The summed E-state index contributed by atoms with van der Waals surface area (Å²) in [5, 5.41) is 8.71. The summed E-state index contributed by atoms with van der Waals surface area (Å²) >= 11 is 8.77. The second kappa shape index (κ2) is 7.04. The highest BCUT2D eigenvalue weighted by Gasteiger charge is 2.25. The normalized spacial score (nSPS) is 13.4. The molecule has 0 aliphatic rings. The summed E-state index contributed by atoms with van der Waals surface area (Å²) in [6.45, 7) is 1.58. The summed E-state index contributed by atoms with van der Waals surface area (Å²) in [6, 6.07) is 0.550. The Hall–Kier alpha value is -0.410. The van der Waals surface area contributed by atoms with E-state index < -0.39 is 26.8 Å². The van der Waals surface area contributed by atoms with Crippen molar-refractivity contribution < 1.29 is 17.9 Å². The Morgan fingerprint density at radius 2 is 2.20 bits per heavy atom. The number of nitrogen functional groups attached to an aromatic ring is 1. The molecule has 0 fully saturated rings. The van der Waals surface area contributed by atoms with Gasteiger partial charge < -0.3 is 10.8 Å². The van der Waals surface area contributed by atoms with E-state index in [1.807, 2.05) is 0 Å². The number of halogens is 3. The van der Waals surface area contributed by atoms with Gasteiger partial charge in [0.1, 0.15) is 4.90 Å². The lowest BCUT2D eigenvalue weighted by Crippen LogP contribution is -2.33. The molecule has 0 heterocycles. The summed E-state index contributed by atoms with van der Waals surface area (Å²) in [5.41, 5.74) is 5.10. The van der Waals surface area contributed by atoms with Crippen molar-refractivity contribution in [1.29, 1.82) is 0 Å². The van der Waals surface area contributed by atoms with Crippen molar-refractivity contribution in [2.75, 3.05) is 12.3 Å². The molecular weight excluding hydrogens is 375 g/mol. The van der Waals surface area contributed by atoms with Crippen LogP contribution in [0, 0.1) is 5.82 Å². The van der Waals surface area contributed by atoms with Gasteiger partial charge in [0.15, 0.2) is 5.82 Å². The monoisotopic (exact) mass is 388 g/mol. The molecule has 0 radical (unpaired) electrons. The Morgan fingerprint density at radius 1 is 1.60 bits per heavy atom. The van der Waals surface area contributed by atoms with E-state index in [0.717, 1.165) is 6.07 Å². The van der Waals surface area contributed by atoms with Crippen molar-refractivity contribution in [2.45, 2.75) is 30.7 Å². The van der Waals surface area contributed by atoms with Gasteiger partial charge in [-0.3, -0.25) is 0 Å². The Labute approximate surface area is 130 Å². The number of nitrogens with one attached hydrogen (secondary N) is 1. The number of nitrogens with two attached hydrogens (primary N) is 1. The summed E-state index contributed by atoms with van der Waals surface area (Å²) in [7, 11) is -4.07. The van der Waals surface area contributed by atoms with Crippen molar-refractivity contribution in [3.63, 3.8) is 0 Å². The third-order valence-electron chi connectivity index (χ3n) is 2.60. The van der Waals surface area contributed by atoms with E-state index in [0.29, 0.717) is 12.8 Å². The minimum absolute atomic E-state index is 0.00675. The van der Waals surface area contributed by atoms with Crippen LogP contribution in [0.15, 0.2) is 15.4 Å². The van der Waals surface area contributed by atoms with E-state index >= 15 is 0 Å². The van der Waals surface area contributed by atoms with Crippen molar-refractivity contribution in [1.82, 2.24) is 4.72 Å². The second-order valence-corrected chi connectivity index (χ2v) is 7.17. The summed E-state index contributed by atoms with van der Waals surface area (Å²) in [6.07, 6.45) is 0.868. The molecule has 0 aliphatic carbocycles. The van der Waals surface area contributed by atoms with Crippen LogP contribution >= 0.6 is 27.5 Å². The third kappa shape index (κ3) is 4.05. The Morgan fingerprint density at radius 3 is 2.75 bits per heavy atom. The highest BCUT2D eigenvalue weighted by atomic mass is 79.9. The number of aliphatic hydroxyl groups is 1. The van der Waals surface area contributed by atoms with E-state index in [9.17, 15) is 12.8 Å². The number of hydrogen-bond acceptors (Lipinski definition) is 4. The van der Waals surface area contributed by atoms with Gasteiger partial charge in [0.25, 0.3) is 0 Å². The molecular formula is C11H15BrClFN2O3S. The molecule has 5 nitrogen and oxygen atoms in total. The smallest absolute Gasteiger partial charge is 0.243 e. The van der Waals surface area contributed by atoms with Gasteiger partial charge in [-0.1, -0.05) is 11.6 Å². The highest BCUT2D eigenvalue weighted by molar-refractivity contribution is 9.10. The average molecular weight is 390 g/mol. The zero-order chi connectivity index (χ0) is 15.5. The maximum Gasteiger partial charge on any atom is 0.243 e. The molecule has 1 atom stereocenters. The summed E-state index contributed by atoms with van der Waals surface area (Å²) in [5.74, 6) is -1.05. The molecule has 9 heteroatoms. The standard InChI is InChI=1S/C11H15BrClFN2O3S/c1-6(3-2-4-17)16-20(18,19)8-5-7(13)9(12)11(15)10(8)14/h5-6,16-17H,2-4,15H2,1H3. The molecule has 0 aliphatic heterocycles. The van der Waals surface area contributed by atoms with Gasteiger partial charge in [-0.05, 0) is 41.8 Å². The molecule has 0 amide bonds.